The van der Waals surface area contributed by atoms with E-state index in [0.717, 1.165) is 0 Å². The fraction of sp³-hybridized carbons (Fsp3) is 1.00. The lowest BCUT2D eigenvalue weighted by Crippen LogP contribution is -2.20. The lowest BCUT2D eigenvalue weighted by molar-refractivity contribution is 0.993. The Kier molecular flexibility index (Phi) is 3.38. The molecule has 0 aliphatic carbocycles. The highest BCUT2D eigenvalue weighted by atomic mass is 35.6. The third kappa shape index (κ3) is 3.47. The molecule has 50 valence electrons. The first-order valence-corrected chi connectivity index (χ1v) is 3.67. The Morgan fingerprint density at radius 3 is 1.88 bits per heavy atom. The van der Waals surface area contributed by atoms with Gasteiger partial charge in [-0.3, -0.25) is 0 Å². The van der Waals surface area contributed by atoms with Gasteiger partial charge in [0.15, 0.2) is 0 Å². The van der Waals surface area contributed by atoms with Gasteiger partial charge in [0.05, 0.1) is 6.72 Å². The van der Waals surface area contributed by atoms with E-state index in [2.05, 4.69) is 0 Å². The zero-order valence-corrected chi connectivity index (χ0v) is 7.38. The van der Waals surface area contributed by atoms with Crippen molar-refractivity contribution < 1.29 is 1.37 Å². The van der Waals surface area contributed by atoms with Crippen LogP contribution in [0.1, 0.15) is 1.37 Å². The number of halogens is 5. The monoisotopic (exact) mass is 215 g/mol. The van der Waals surface area contributed by atoms with Crippen LogP contribution in [0, 0.1) is 0 Å². The zero-order chi connectivity index (χ0) is 7.71. The van der Waals surface area contributed by atoms with E-state index in [1.807, 2.05) is 0 Å². The normalized spacial score (nSPS) is 21.9. The third-order valence-electron chi connectivity index (χ3n) is 0.425. The van der Waals surface area contributed by atoms with E-state index in [1.54, 1.807) is 0 Å². The van der Waals surface area contributed by atoms with E-state index in [4.69, 9.17) is 59.4 Å². The summed E-state index contributed by atoms with van der Waals surface area (Å²) < 4.78 is 5.23. The van der Waals surface area contributed by atoms with Crippen molar-refractivity contribution in [3.05, 3.63) is 0 Å². The minimum absolute atomic E-state index is 0.231. The van der Waals surface area contributed by atoms with Gasteiger partial charge >= 0.3 is 0 Å². The molecule has 0 bridgehead atoms. The van der Waals surface area contributed by atoms with Crippen LogP contribution >= 0.6 is 58.0 Å². The van der Waals surface area contributed by atoms with E-state index in [9.17, 15) is 0 Å². The molecule has 0 spiro atoms. The Morgan fingerprint density at radius 2 is 1.88 bits per heavy atom. The molecule has 0 radical (unpaired) electrons. The Bertz CT molecular complexity index is 94.9. The van der Waals surface area contributed by atoms with E-state index in [0.29, 0.717) is 0 Å². The van der Waals surface area contributed by atoms with Crippen LogP contribution in [0.15, 0.2) is 0 Å². The Balaban J connectivity index is 4.14. The molecule has 0 nitrogen and oxygen atoms in total. The van der Waals surface area contributed by atoms with Gasteiger partial charge in [-0.1, -0.05) is 34.8 Å². The summed E-state index contributed by atoms with van der Waals surface area (Å²) in [5.74, 6) is -0.231. The lowest BCUT2D eigenvalue weighted by Gasteiger charge is -2.13. The molecule has 0 aromatic rings. The largest absolute Gasteiger partial charge is 0.207 e. The van der Waals surface area contributed by atoms with Gasteiger partial charge < -0.3 is 0 Å². The van der Waals surface area contributed by atoms with Crippen molar-refractivity contribution in [2.75, 3.05) is 5.88 Å². The second-order valence-electron chi connectivity index (χ2n) is 1.04. The molecule has 5 heteroatoms. The maximum absolute atomic E-state index is 7.06. The third-order valence-corrected chi connectivity index (χ3v) is 2.22. The molecule has 0 saturated heterocycles. The van der Waals surface area contributed by atoms with Crippen molar-refractivity contribution >= 4 is 58.0 Å². The Labute approximate surface area is 74.4 Å². The van der Waals surface area contributed by atoms with Gasteiger partial charge in [-0.15, -0.1) is 23.2 Å². The van der Waals surface area contributed by atoms with Gasteiger partial charge in [-0.05, 0) is 0 Å². The highest BCUT2D eigenvalue weighted by Crippen LogP contribution is 2.34. The van der Waals surface area contributed by atoms with E-state index in [-0.39, 0.29) is 5.88 Å². The molecular formula is C3H3Cl5. The molecule has 0 N–H and O–H groups in total. The maximum atomic E-state index is 7.06. The van der Waals surface area contributed by atoms with Gasteiger partial charge in [-0.2, -0.15) is 0 Å². The first-order valence-electron chi connectivity index (χ1n) is 2.13. The van der Waals surface area contributed by atoms with Gasteiger partial charge in [0.1, 0.15) is 0 Å². The average molecular weight is 217 g/mol. The van der Waals surface area contributed by atoms with Gasteiger partial charge in [0, 0.05) is 5.88 Å². The van der Waals surface area contributed by atoms with Gasteiger partial charge in [-0.25, -0.2) is 0 Å². The molecule has 1 atom stereocenters. The summed E-state index contributed by atoms with van der Waals surface area (Å²) >= 11 is 26.3. The van der Waals surface area contributed by atoms with Gasteiger partial charge in [0.2, 0.25) is 3.79 Å². The van der Waals surface area contributed by atoms with Crippen LogP contribution in [0.2, 0.25) is 0 Å². The van der Waals surface area contributed by atoms with Crippen LogP contribution in [0.4, 0.5) is 0 Å². The molecule has 0 amide bonds. The van der Waals surface area contributed by atoms with E-state index in [1.165, 1.54) is 0 Å². The van der Waals surface area contributed by atoms with Crippen LogP contribution in [0.5, 0.6) is 0 Å². The smallest absolute Gasteiger partial charge is 0.125 e. The first kappa shape index (κ1) is 7.56. The molecule has 1 unspecified atom stereocenters. The lowest BCUT2D eigenvalue weighted by atomic mass is 10.5. The molecule has 0 rings (SSSR count). The Hall–Kier alpha value is 1.45. The SMILES string of the molecule is [2H]C(Cl)(CCl)C(Cl)(Cl)Cl. The van der Waals surface area contributed by atoms with Crippen molar-refractivity contribution in [3.63, 3.8) is 0 Å². The summed E-state index contributed by atoms with van der Waals surface area (Å²) in [5, 5.41) is -1.74. The van der Waals surface area contributed by atoms with Crippen molar-refractivity contribution in [2.24, 2.45) is 0 Å². The highest BCUT2D eigenvalue weighted by Gasteiger charge is 2.29. The highest BCUT2D eigenvalue weighted by molar-refractivity contribution is 6.70. The van der Waals surface area contributed by atoms with Crippen LogP contribution < -0.4 is 0 Å². The maximum Gasteiger partial charge on any atom is 0.207 e. The van der Waals surface area contributed by atoms with Crippen molar-refractivity contribution in [1.29, 1.82) is 0 Å². The molecule has 0 aromatic heterocycles. The summed E-state index contributed by atoms with van der Waals surface area (Å²) in [5.41, 5.74) is 0. The number of hydrogen-bond acceptors (Lipinski definition) is 0. The molecule has 0 heterocycles. The van der Waals surface area contributed by atoms with Crippen molar-refractivity contribution in [1.82, 2.24) is 0 Å². The second kappa shape index (κ2) is 3.58. The van der Waals surface area contributed by atoms with Crippen molar-refractivity contribution in [2.45, 2.75) is 9.15 Å². The fourth-order valence-electron chi connectivity index (χ4n) is 0.0758. The van der Waals surface area contributed by atoms with Crippen LogP contribution in [0.3, 0.4) is 0 Å². The number of hydrogen-bond donors (Lipinski definition) is 0. The summed E-state index contributed by atoms with van der Waals surface area (Å²) in [4.78, 5) is 0. The van der Waals surface area contributed by atoms with Gasteiger partial charge in [0.25, 0.3) is 0 Å². The molecular weight excluding hydrogens is 213 g/mol. The van der Waals surface area contributed by atoms with Crippen LogP contribution in [-0.2, 0) is 0 Å². The van der Waals surface area contributed by atoms with Crippen LogP contribution in [-0.4, -0.2) is 15.0 Å². The molecule has 8 heavy (non-hydrogen) atoms. The number of rotatable bonds is 1. The minimum Gasteiger partial charge on any atom is -0.125 e. The molecule has 0 aliphatic rings. The van der Waals surface area contributed by atoms with E-state index < -0.39 is 9.15 Å². The summed E-state index contributed by atoms with van der Waals surface area (Å²) in [6.07, 6.45) is 0. The van der Waals surface area contributed by atoms with Crippen LogP contribution in [0.25, 0.3) is 0 Å². The topological polar surface area (TPSA) is 0 Å². The zero-order valence-electron chi connectivity index (χ0n) is 4.60. The second-order valence-corrected chi connectivity index (χ2v) is 4.04. The van der Waals surface area contributed by atoms with E-state index >= 15 is 0 Å². The number of alkyl halides is 5. The quantitative estimate of drug-likeness (QED) is 0.592. The predicted molar refractivity (Wildman–Crippen MR) is 40.7 cm³/mol. The van der Waals surface area contributed by atoms with Crippen molar-refractivity contribution in [3.8, 4) is 0 Å². The summed E-state index contributed by atoms with van der Waals surface area (Å²) in [6, 6.07) is 0. The summed E-state index contributed by atoms with van der Waals surface area (Å²) in [6.45, 7) is 0. The predicted octanol–water partition coefficient (Wildman–Crippen LogP) is 3.20. The first-order chi connectivity index (χ1) is 3.81. The standard InChI is InChI=1S/C3H3Cl5/c4-1-2(5)3(6,7)8/h2H,1H2/i2D. The average Bonchev–Trinajstić information content (AvgIpc) is 1.64. The molecule has 0 aromatic carbocycles. The Morgan fingerprint density at radius 1 is 1.50 bits per heavy atom. The molecule has 0 saturated carbocycles. The summed E-state index contributed by atoms with van der Waals surface area (Å²) in [7, 11) is 0. The fourth-order valence-corrected chi connectivity index (χ4v) is 0.682. The molecule has 0 fully saturated rings. The minimum atomic E-state index is -1.84. The molecule has 0 aliphatic heterocycles.